The number of nitrogens with two attached hydrogens (primary N) is 1. The maximum atomic E-state index is 11.9. The highest BCUT2D eigenvalue weighted by atomic mass is 127. The lowest BCUT2D eigenvalue weighted by atomic mass is 10.1. The molecule has 10 nitrogen and oxygen atoms in total. The number of halogens is 1. The zero-order valence-electron chi connectivity index (χ0n) is 13.9. The van der Waals surface area contributed by atoms with Crippen LogP contribution in [-0.2, 0) is 21.1 Å². The van der Waals surface area contributed by atoms with Crippen LogP contribution in [0.3, 0.4) is 0 Å². The fourth-order valence-corrected chi connectivity index (χ4v) is 4.49. The van der Waals surface area contributed by atoms with Crippen LogP contribution in [0.1, 0.15) is 20.1 Å². The second-order valence-corrected chi connectivity index (χ2v) is 11.0. The average Bonchev–Trinajstić information content (AvgIpc) is 3.09. The number of nitrogens with one attached hydrogen (secondary N) is 1. The van der Waals surface area contributed by atoms with Gasteiger partial charge < -0.3 is 25.0 Å². The van der Waals surface area contributed by atoms with E-state index < -0.39 is 36.6 Å². The van der Waals surface area contributed by atoms with Gasteiger partial charge in [-0.05, 0) is 11.8 Å². The summed E-state index contributed by atoms with van der Waals surface area (Å²) in [5.41, 5.74) is 5.14. The van der Waals surface area contributed by atoms with Crippen LogP contribution in [0.15, 0.2) is 11.1 Å². The molecule has 1 unspecified atom stereocenters. The van der Waals surface area contributed by atoms with Crippen LogP contribution >= 0.6 is 29.1 Å². The van der Waals surface area contributed by atoms with Gasteiger partial charge >= 0.3 is 0 Å². The molecule has 1 saturated heterocycles. The number of rotatable bonds is 5. The van der Waals surface area contributed by atoms with Gasteiger partial charge in [-0.25, -0.2) is 4.98 Å². The fraction of sp³-hybridized carbons (Fsp3) is 0.615. The minimum atomic E-state index is -3.09. The smallest absolute Gasteiger partial charge is 0.280 e. The number of ether oxygens (including phenoxy) is 1. The SMILES string of the molecule is CC(C)P(O)(=S)O[C@H]1[C@@H](O)[C@H](n2cnc3c(=O)[nH]c(N)nc32)O[C@@H]1CI. The number of hydrogen-bond donors (Lipinski definition) is 4. The number of hydrogen-bond acceptors (Lipinski definition) is 8. The third-order valence-electron chi connectivity index (χ3n) is 4.11. The van der Waals surface area contributed by atoms with Crippen molar-refractivity contribution in [3.05, 3.63) is 16.7 Å². The molecule has 2 aromatic rings. The lowest BCUT2D eigenvalue weighted by molar-refractivity contribution is -0.0281. The molecule has 0 saturated carbocycles. The Kier molecular flexibility index (Phi) is 5.74. The summed E-state index contributed by atoms with van der Waals surface area (Å²) in [4.78, 5) is 32.8. The number of aromatic nitrogens is 4. The first kappa shape index (κ1) is 20.1. The quantitative estimate of drug-likeness (QED) is 0.254. The standard InChI is InChI=1S/C13H19IN5O5PS/c1-5(2)25(22,26)24-9-6(3-14)23-12(8(9)20)19-4-16-7-10(19)17-13(15)18-11(7)21/h4-6,8-9,12,20H,3H2,1-2H3,(H,22,26)(H3,15,17,18,21)/t6-,8-,9-,12-,25?/m1/s1. The molecule has 0 spiro atoms. The molecular formula is C13H19IN5O5PS. The van der Waals surface area contributed by atoms with E-state index >= 15 is 0 Å². The third-order valence-corrected chi connectivity index (χ3v) is 8.35. The number of aliphatic hydroxyl groups is 1. The molecule has 144 valence electrons. The number of nitrogens with zero attached hydrogens (tertiary/aromatic N) is 3. The highest BCUT2D eigenvalue weighted by Gasteiger charge is 2.47. The van der Waals surface area contributed by atoms with Gasteiger partial charge in [0.15, 0.2) is 23.9 Å². The van der Waals surface area contributed by atoms with E-state index in [-0.39, 0.29) is 22.8 Å². The number of imidazole rings is 1. The van der Waals surface area contributed by atoms with E-state index in [1.807, 2.05) is 0 Å². The second-order valence-electron chi connectivity index (χ2n) is 6.21. The zero-order chi connectivity index (χ0) is 19.2. The molecule has 0 bridgehead atoms. The van der Waals surface area contributed by atoms with Crippen molar-refractivity contribution < 1.29 is 19.3 Å². The molecule has 0 radical (unpaired) electrons. The highest BCUT2D eigenvalue weighted by Crippen LogP contribution is 2.51. The van der Waals surface area contributed by atoms with Crippen molar-refractivity contribution in [3.8, 4) is 0 Å². The van der Waals surface area contributed by atoms with E-state index in [1.165, 1.54) is 10.9 Å². The van der Waals surface area contributed by atoms with E-state index in [4.69, 9.17) is 26.8 Å². The van der Waals surface area contributed by atoms with Gasteiger partial charge in [-0.2, -0.15) is 4.98 Å². The van der Waals surface area contributed by atoms with Crippen molar-refractivity contribution in [1.29, 1.82) is 0 Å². The number of aromatic amines is 1. The normalized spacial score (nSPS) is 28.7. The maximum absolute atomic E-state index is 11.9. The number of anilines is 1. The Morgan fingerprint density at radius 3 is 2.92 bits per heavy atom. The molecule has 1 fully saturated rings. The number of aliphatic hydroxyl groups excluding tert-OH is 1. The molecular weight excluding hydrogens is 496 g/mol. The molecule has 1 aliphatic rings. The van der Waals surface area contributed by atoms with Crippen molar-refractivity contribution in [2.45, 2.75) is 44.0 Å². The molecule has 0 aromatic carbocycles. The van der Waals surface area contributed by atoms with E-state index in [1.54, 1.807) is 13.8 Å². The fourth-order valence-electron chi connectivity index (χ4n) is 2.63. The monoisotopic (exact) mass is 515 g/mol. The summed E-state index contributed by atoms with van der Waals surface area (Å²) in [6, 6.07) is 0. The Bertz CT molecular complexity index is 920. The number of nitrogen functional groups attached to an aromatic ring is 1. The first-order valence-corrected chi connectivity index (χ1v) is 12.0. The molecule has 3 heterocycles. The van der Waals surface area contributed by atoms with Crippen LogP contribution in [-0.4, -0.2) is 57.9 Å². The van der Waals surface area contributed by atoms with Gasteiger partial charge in [-0.3, -0.25) is 14.3 Å². The van der Waals surface area contributed by atoms with E-state index in [0.717, 1.165) is 0 Å². The lowest BCUT2D eigenvalue weighted by Gasteiger charge is -2.27. The van der Waals surface area contributed by atoms with Crippen LogP contribution in [0.2, 0.25) is 0 Å². The van der Waals surface area contributed by atoms with Gasteiger partial charge in [-0.1, -0.05) is 36.4 Å². The van der Waals surface area contributed by atoms with E-state index in [0.29, 0.717) is 4.43 Å². The van der Waals surface area contributed by atoms with Gasteiger partial charge in [0.05, 0.1) is 12.4 Å². The van der Waals surface area contributed by atoms with Crippen molar-refractivity contribution >= 4 is 58.0 Å². The van der Waals surface area contributed by atoms with Gasteiger partial charge in [0.1, 0.15) is 12.2 Å². The van der Waals surface area contributed by atoms with Crippen LogP contribution < -0.4 is 11.3 Å². The van der Waals surface area contributed by atoms with Crippen molar-refractivity contribution in [3.63, 3.8) is 0 Å². The van der Waals surface area contributed by atoms with Gasteiger partial charge in [-0.15, -0.1) is 0 Å². The third kappa shape index (κ3) is 3.55. The summed E-state index contributed by atoms with van der Waals surface area (Å²) in [5, 5.41) is 10.8. The number of alkyl halides is 1. The molecule has 1 aliphatic heterocycles. The number of H-pyrrole nitrogens is 1. The Morgan fingerprint density at radius 2 is 2.31 bits per heavy atom. The first-order valence-electron chi connectivity index (χ1n) is 7.78. The lowest BCUT2D eigenvalue weighted by Crippen LogP contribution is -2.35. The molecule has 5 atom stereocenters. The van der Waals surface area contributed by atoms with Gasteiger partial charge in [0.25, 0.3) is 5.56 Å². The molecule has 0 amide bonds. The summed E-state index contributed by atoms with van der Waals surface area (Å²) in [5.74, 6) is -0.0688. The predicted octanol–water partition coefficient (Wildman–Crippen LogP) is 0.491. The Hall–Kier alpha value is -0.630. The molecule has 13 heteroatoms. The molecule has 2 aromatic heterocycles. The Labute approximate surface area is 167 Å². The van der Waals surface area contributed by atoms with E-state index in [2.05, 4.69) is 37.5 Å². The predicted molar refractivity (Wildman–Crippen MR) is 108 cm³/mol. The topological polar surface area (TPSA) is 149 Å². The summed E-state index contributed by atoms with van der Waals surface area (Å²) < 4.78 is 13.6. The molecule has 3 rings (SSSR count). The van der Waals surface area contributed by atoms with Crippen molar-refractivity contribution in [1.82, 2.24) is 19.5 Å². The molecule has 26 heavy (non-hydrogen) atoms. The minimum absolute atomic E-state index is 0.0688. The zero-order valence-corrected chi connectivity index (χ0v) is 17.8. The summed E-state index contributed by atoms with van der Waals surface area (Å²) in [6.45, 7) is 0.437. The minimum Gasteiger partial charge on any atom is -0.386 e. The molecule has 5 N–H and O–H groups in total. The second kappa shape index (κ2) is 7.41. The van der Waals surface area contributed by atoms with Crippen LogP contribution in [0.25, 0.3) is 11.2 Å². The molecule has 0 aliphatic carbocycles. The summed E-state index contributed by atoms with van der Waals surface area (Å²) >= 11 is 7.29. The largest absolute Gasteiger partial charge is 0.386 e. The van der Waals surface area contributed by atoms with Crippen molar-refractivity contribution in [2.24, 2.45) is 0 Å². The Morgan fingerprint density at radius 1 is 1.62 bits per heavy atom. The average molecular weight is 515 g/mol. The van der Waals surface area contributed by atoms with Crippen LogP contribution in [0.4, 0.5) is 5.95 Å². The number of fused-ring (bicyclic) bond motifs is 1. The van der Waals surface area contributed by atoms with Gasteiger partial charge in [0, 0.05) is 10.1 Å². The van der Waals surface area contributed by atoms with Crippen molar-refractivity contribution in [2.75, 3.05) is 10.2 Å². The Balaban J connectivity index is 1.98. The van der Waals surface area contributed by atoms with Crippen LogP contribution in [0.5, 0.6) is 0 Å². The maximum Gasteiger partial charge on any atom is 0.280 e. The van der Waals surface area contributed by atoms with E-state index in [9.17, 15) is 14.8 Å². The summed E-state index contributed by atoms with van der Waals surface area (Å²) in [6.07, 6.45) is -2.00. The first-order chi connectivity index (χ1) is 12.2. The van der Waals surface area contributed by atoms with Gasteiger partial charge in [0.2, 0.25) is 5.95 Å². The van der Waals surface area contributed by atoms with Crippen LogP contribution in [0, 0.1) is 0 Å². The highest BCUT2D eigenvalue weighted by molar-refractivity contribution is 14.1. The summed E-state index contributed by atoms with van der Waals surface area (Å²) in [7, 11) is 0.